The lowest BCUT2D eigenvalue weighted by Crippen LogP contribution is -2.02. The molecule has 1 aromatic heterocycles. The fourth-order valence-electron chi connectivity index (χ4n) is 0.879. The lowest BCUT2D eigenvalue weighted by atomic mass is 10.3. The Morgan fingerprint density at radius 3 is 2.85 bits per heavy atom. The molecule has 0 aliphatic carbocycles. The van der Waals surface area contributed by atoms with E-state index in [0.29, 0.717) is 12.4 Å². The molecule has 0 aliphatic rings. The highest BCUT2D eigenvalue weighted by Crippen LogP contribution is 2.21. The lowest BCUT2D eigenvalue weighted by Gasteiger charge is -1.98. The summed E-state index contributed by atoms with van der Waals surface area (Å²) in [5, 5.41) is -0.233. The molecule has 0 amide bonds. The van der Waals surface area contributed by atoms with Gasteiger partial charge in [-0.25, -0.2) is 4.79 Å². The van der Waals surface area contributed by atoms with E-state index >= 15 is 0 Å². The summed E-state index contributed by atoms with van der Waals surface area (Å²) in [5.74, 6) is 0.320. The quantitative estimate of drug-likeness (QED) is 0.559. The van der Waals surface area contributed by atoms with Gasteiger partial charge in [0, 0.05) is 0 Å². The van der Waals surface area contributed by atoms with Crippen LogP contribution in [-0.2, 0) is 4.74 Å². The van der Waals surface area contributed by atoms with Crippen molar-refractivity contribution in [3.63, 3.8) is 0 Å². The monoisotopic (exact) mass is 202 g/mol. The zero-order valence-electron chi connectivity index (χ0n) is 7.54. The van der Waals surface area contributed by atoms with Gasteiger partial charge in [-0.15, -0.1) is 11.6 Å². The lowest BCUT2D eigenvalue weighted by molar-refractivity contribution is 0.0488. The van der Waals surface area contributed by atoms with Crippen LogP contribution in [0, 0.1) is 0 Å². The number of rotatable bonds is 3. The van der Waals surface area contributed by atoms with Crippen molar-refractivity contribution in [2.45, 2.75) is 19.2 Å². The molecule has 0 saturated carbocycles. The van der Waals surface area contributed by atoms with Crippen molar-refractivity contribution in [1.82, 2.24) is 0 Å². The summed E-state index contributed by atoms with van der Waals surface area (Å²) in [5.41, 5.74) is 0. The molecule has 0 spiro atoms. The van der Waals surface area contributed by atoms with E-state index in [0.717, 1.165) is 0 Å². The first kappa shape index (κ1) is 10.1. The molecule has 0 N–H and O–H groups in total. The highest BCUT2D eigenvalue weighted by atomic mass is 35.5. The first-order chi connectivity index (χ1) is 6.15. The minimum Gasteiger partial charge on any atom is -0.460 e. The summed E-state index contributed by atoms with van der Waals surface area (Å²) < 4.78 is 9.90. The topological polar surface area (TPSA) is 39.4 Å². The molecule has 0 aromatic carbocycles. The third kappa shape index (κ3) is 2.49. The Kier molecular flexibility index (Phi) is 3.37. The van der Waals surface area contributed by atoms with Gasteiger partial charge in [0.05, 0.1) is 12.0 Å². The van der Waals surface area contributed by atoms with Gasteiger partial charge in [0.15, 0.2) is 0 Å². The number of carbonyl (C=O) groups excluding carboxylic acids is 1. The summed E-state index contributed by atoms with van der Waals surface area (Å²) in [6, 6.07) is 3.23. The SMILES string of the molecule is CCOC(=O)c1ccc(C(C)Cl)o1. The molecule has 0 aliphatic heterocycles. The molecule has 4 heteroatoms. The predicted octanol–water partition coefficient (Wildman–Crippen LogP) is 2.76. The fourth-order valence-corrected chi connectivity index (χ4v) is 0.996. The second kappa shape index (κ2) is 4.33. The molecule has 1 rings (SSSR count). The van der Waals surface area contributed by atoms with Gasteiger partial charge in [-0.05, 0) is 26.0 Å². The Labute approximate surface area is 81.6 Å². The number of halogens is 1. The maximum atomic E-state index is 11.1. The van der Waals surface area contributed by atoms with Crippen molar-refractivity contribution in [2.75, 3.05) is 6.61 Å². The standard InChI is InChI=1S/C9H11ClO3/c1-3-12-9(11)8-5-4-7(13-8)6(2)10/h4-6H,3H2,1-2H3. The second-order valence-corrected chi connectivity index (χ2v) is 3.19. The third-order valence-electron chi connectivity index (χ3n) is 1.50. The van der Waals surface area contributed by atoms with Crippen LogP contribution in [0.2, 0.25) is 0 Å². The van der Waals surface area contributed by atoms with Gasteiger partial charge in [0.25, 0.3) is 0 Å². The van der Waals surface area contributed by atoms with E-state index in [9.17, 15) is 4.79 Å². The molecule has 13 heavy (non-hydrogen) atoms. The normalized spacial score (nSPS) is 12.5. The van der Waals surface area contributed by atoms with Crippen molar-refractivity contribution >= 4 is 17.6 Å². The van der Waals surface area contributed by atoms with E-state index in [-0.39, 0.29) is 11.1 Å². The maximum absolute atomic E-state index is 11.1. The molecule has 0 radical (unpaired) electrons. The summed E-state index contributed by atoms with van der Waals surface area (Å²) in [7, 11) is 0. The van der Waals surface area contributed by atoms with Crippen LogP contribution in [0.4, 0.5) is 0 Å². The van der Waals surface area contributed by atoms with Crippen LogP contribution in [-0.4, -0.2) is 12.6 Å². The van der Waals surface area contributed by atoms with Crippen LogP contribution in [0.15, 0.2) is 16.5 Å². The molecule has 3 nitrogen and oxygen atoms in total. The number of hydrogen-bond acceptors (Lipinski definition) is 3. The predicted molar refractivity (Wildman–Crippen MR) is 48.9 cm³/mol. The van der Waals surface area contributed by atoms with E-state index in [1.54, 1.807) is 26.0 Å². The average Bonchev–Trinajstić information content (AvgIpc) is 2.52. The smallest absolute Gasteiger partial charge is 0.374 e. The highest BCUT2D eigenvalue weighted by molar-refractivity contribution is 6.20. The van der Waals surface area contributed by atoms with Crippen LogP contribution in [0.3, 0.4) is 0 Å². The van der Waals surface area contributed by atoms with Crippen LogP contribution < -0.4 is 0 Å². The number of esters is 1. The van der Waals surface area contributed by atoms with Crippen molar-refractivity contribution in [2.24, 2.45) is 0 Å². The Balaban J connectivity index is 2.73. The number of alkyl halides is 1. The molecule has 0 fully saturated rings. The van der Waals surface area contributed by atoms with Gasteiger partial charge >= 0.3 is 5.97 Å². The van der Waals surface area contributed by atoms with Crippen LogP contribution in [0.1, 0.15) is 35.5 Å². The Hall–Kier alpha value is -0.960. The zero-order chi connectivity index (χ0) is 9.84. The van der Waals surface area contributed by atoms with Crippen molar-refractivity contribution in [3.05, 3.63) is 23.7 Å². The number of ether oxygens (including phenoxy) is 1. The van der Waals surface area contributed by atoms with E-state index in [4.69, 9.17) is 20.8 Å². The largest absolute Gasteiger partial charge is 0.460 e. The van der Waals surface area contributed by atoms with E-state index in [2.05, 4.69) is 0 Å². The summed E-state index contributed by atoms with van der Waals surface area (Å²) >= 11 is 5.75. The summed E-state index contributed by atoms with van der Waals surface area (Å²) in [6.07, 6.45) is 0. The summed E-state index contributed by atoms with van der Waals surface area (Å²) in [6.45, 7) is 3.85. The number of carbonyl (C=O) groups is 1. The van der Waals surface area contributed by atoms with Crippen LogP contribution >= 0.6 is 11.6 Å². The highest BCUT2D eigenvalue weighted by Gasteiger charge is 2.13. The first-order valence-corrected chi connectivity index (χ1v) is 4.49. The van der Waals surface area contributed by atoms with E-state index in [1.165, 1.54) is 0 Å². The number of hydrogen-bond donors (Lipinski definition) is 0. The van der Waals surface area contributed by atoms with Gasteiger partial charge in [0.1, 0.15) is 5.76 Å². The van der Waals surface area contributed by atoms with Crippen molar-refractivity contribution in [3.8, 4) is 0 Å². The Morgan fingerprint density at radius 2 is 2.38 bits per heavy atom. The molecule has 0 bridgehead atoms. The zero-order valence-corrected chi connectivity index (χ0v) is 8.30. The van der Waals surface area contributed by atoms with E-state index in [1.807, 2.05) is 0 Å². The number of furan rings is 1. The van der Waals surface area contributed by atoms with Crippen LogP contribution in [0.25, 0.3) is 0 Å². The average molecular weight is 203 g/mol. The molecule has 0 saturated heterocycles. The van der Waals surface area contributed by atoms with Gasteiger partial charge in [-0.3, -0.25) is 0 Å². The van der Waals surface area contributed by atoms with Crippen LogP contribution in [0.5, 0.6) is 0 Å². The maximum Gasteiger partial charge on any atom is 0.374 e. The Bertz CT molecular complexity index is 291. The minimum absolute atomic E-state index is 0.198. The Morgan fingerprint density at radius 1 is 1.69 bits per heavy atom. The molecule has 1 atom stereocenters. The van der Waals surface area contributed by atoms with Gasteiger partial charge in [0.2, 0.25) is 5.76 Å². The fraction of sp³-hybridized carbons (Fsp3) is 0.444. The van der Waals surface area contributed by atoms with Gasteiger partial charge < -0.3 is 9.15 Å². The van der Waals surface area contributed by atoms with Gasteiger partial charge in [-0.1, -0.05) is 0 Å². The molecule has 1 aromatic rings. The first-order valence-electron chi connectivity index (χ1n) is 4.06. The third-order valence-corrected chi connectivity index (χ3v) is 1.71. The summed E-state index contributed by atoms with van der Waals surface area (Å²) in [4.78, 5) is 11.1. The molecule has 1 heterocycles. The van der Waals surface area contributed by atoms with Crippen molar-refractivity contribution in [1.29, 1.82) is 0 Å². The molecule has 72 valence electrons. The van der Waals surface area contributed by atoms with Crippen molar-refractivity contribution < 1.29 is 13.9 Å². The molecule has 1 unspecified atom stereocenters. The van der Waals surface area contributed by atoms with Gasteiger partial charge in [-0.2, -0.15) is 0 Å². The van der Waals surface area contributed by atoms with E-state index < -0.39 is 5.97 Å². The second-order valence-electron chi connectivity index (χ2n) is 2.54. The molecular weight excluding hydrogens is 192 g/mol. The minimum atomic E-state index is -0.453. The molecular formula is C9H11ClO3.